The van der Waals surface area contributed by atoms with Crippen LogP contribution in [0.1, 0.15) is 5.56 Å². The summed E-state index contributed by atoms with van der Waals surface area (Å²) in [5.41, 5.74) is 9.44. The SMILES string of the molecule is N#Cc1ccc2c(c1)c1ccccc1n2-c1cccc(-c2cccc(-n3c4ncccc4c4ccc5c6ccccc6sc5c43)c2)c1. The van der Waals surface area contributed by atoms with E-state index >= 15 is 0 Å². The number of nitriles is 1. The van der Waals surface area contributed by atoms with Crippen molar-refractivity contribution in [2.24, 2.45) is 0 Å². The first-order valence-corrected chi connectivity index (χ1v) is 16.4. The molecule has 4 aromatic heterocycles. The molecule has 0 saturated heterocycles. The van der Waals surface area contributed by atoms with Crippen LogP contribution in [-0.2, 0) is 0 Å². The maximum Gasteiger partial charge on any atom is 0.145 e. The molecule has 5 heteroatoms. The third-order valence-corrected chi connectivity index (χ3v) is 10.6. The zero-order valence-corrected chi connectivity index (χ0v) is 25.9. The van der Waals surface area contributed by atoms with Crippen LogP contribution in [0, 0.1) is 11.3 Å². The molecule has 4 nitrogen and oxygen atoms in total. The van der Waals surface area contributed by atoms with Gasteiger partial charge in [0.15, 0.2) is 0 Å². The highest BCUT2D eigenvalue weighted by atomic mass is 32.1. The number of benzene rings is 6. The second kappa shape index (κ2) is 9.89. The van der Waals surface area contributed by atoms with Crippen molar-refractivity contribution in [2.45, 2.75) is 0 Å². The Kier molecular flexibility index (Phi) is 5.48. The van der Waals surface area contributed by atoms with E-state index in [0.717, 1.165) is 55.3 Å². The second-order valence-corrected chi connectivity index (χ2v) is 13.0. The number of aromatic nitrogens is 3. The number of thiophene rings is 1. The Morgan fingerprint density at radius 1 is 0.532 bits per heavy atom. The monoisotopic (exact) mass is 616 g/mol. The molecule has 0 amide bonds. The standard InChI is InChI=1S/C42H24N4S/c43-25-26-17-20-38-36(22-26)31-12-1-3-15-37(31)45(38)29-10-5-8-27(23-29)28-9-6-11-30(24-28)46-40-33(35-14-7-21-44-42(35)46)18-19-34-32-13-2-4-16-39(32)47-41(34)40/h1-24H. The van der Waals surface area contributed by atoms with Gasteiger partial charge in [-0.3, -0.25) is 4.57 Å². The molecule has 0 N–H and O–H groups in total. The summed E-state index contributed by atoms with van der Waals surface area (Å²) in [6.45, 7) is 0. The molecule has 0 saturated carbocycles. The second-order valence-electron chi connectivity index (χ2n) is 11.9. The molecule has 0 unspecified atom stereocenters. The van der Waals surface area contributed by atoms with E-state index in [1.165, 1.54) is 31.1 Å². The first-order chi connectivity index (χ1) is 23.3. The topological polar surface area (TPSA) is 46.5 Å². The van der Waals surface area contributed by atoms with Crippen LogP contribution < -0.4 is 0 Å². The molecule has 0 aliphatic carbocycles. The van der Waals surface area contributed by atoms with Crippen LogP contribution in [0.25, 0.3) is 86.4 Å². The highest BCUT2D eigenvalue weighted by Crippen LogP contribution is 2.43. The summed E-state index contributed by atoms with van der Waals surface area (Å²) in [6, 6.07) is 51.6. The number of hydrogen-bond donors (Lipinski definition) is 0. The summed E-state index contributed by atoms with van der Waals surface area (Å²) in [7, 11) is 0. The zero-order valence-electron chi connectivity index (χ0n) is 25.1. The predicted molar refractivity (Wildman–Crippen MR) is 196 cm³/mol. The molecule has 0 aliphatic rings. The lowest BCUT2D eigenvalue weighted by Crippen LogP contribution is -1.97. The van der Waals surface area contributed by atoms with E-state index in [4.69, 9.17) is 4.98 Å². The van der Waals surface area contributed by atoms with Crippen LogP contribution >= 0.6 is 11.3 Å². The lowest BCUT2D eigenvalue weighted by atomic mass is 10.0. The number of fused-ring (bicyclic) bond motifs is 10. The van der Waals surface area contributed by atoms with Crippen molar-refractivity contribution >= 4 is 75.3 Å². The molecule has 0 aliphatic heterocycles. The molecule has 218 valence electrons. The van der Waals surface area contributed by atoms with Gasteiger partial charge in [0.1, 0.15) is 5.65 Å². The third-order valence-electron chi connectivity index (χ3n) is 9.38. The molecule has 6 aromatic carbocycles. The van der Waals surface area contributed by atoms with E-state index in [0.29, 0.717) is 5.56 Å². The van der Waals surface area contributed by atoms with Crippen molar-refractivity contribution in [3.8, 4) is 28.6 Å². The van der Waals surface area contributed by atoms with Gasteiger partial charge in [0.05, 0.1) is 32.9 Å². The Morgan fingerprint density at radius 2 is 1.23 bits per heavy atom. The highest BCUT2D eigenvalue weighted by molar-refractivity contribution is 7.26. The largest absolute Gasteiger partial charge is 0.309 e. The van der Waals surface area contributed by atoms with Crippen molar-refractivity contribution in [1.29, 1.82) is 5.26 Å². The van der Waals surface area contributed by atoms with Crippen LogP contribution in [0.4, 0.5) is 0 Å². The lowest BCUT2D eigenvalue weighted by molar-refractivity contribution is 1.14. The predicted octanol–water partition coefficient (Wildman–Crippen LogP) is 11.2. The molecule has 0 spiro atoms. The summed E-state index contributed by atoms with van der Waals surface area (Å²) in [6.07, 6.45) is 1.89. The lowest BCUT2D eigenvalue weighted by Gasteiger charge is -2.12. The van der Waals surface area contributed by atoms with Gasteiger partial charge in [-0.05, 0) is 77.9 Å². The highest BCUT2D eigenvalue weighted by Gasteiger charge is 2.19. The van der Waals surface area contributed by atoms with E-state index in [9.17, 15) is 5.26 Å². The summed E-state index contributed by atoms with van der Waals surface area (Å²) >= 11 is 1.85. The average Bonchev–Trinajstić information content (AvgIpc) is 3.79. The minimum absolute atomic E-state index is 0.665. The molecule has 0 atom stereocenters. The van der Waals surface area contributed by atoms with Crippen molar-refractivity contribution in [3.63, 3.8) is 0 Å². The summed E-state index contributed by atoms with van der Waals surface area (Å²) < 4.78 is 7.21. The Labute approximate surface area is 273 Å². The van der Waals surface area contributed by atoms with E-state index in [2.05, 4.69) is 137 Å². The molecular weight excluding hydrogens is 593 g/mol. The molecule has 0 radical (unpaired) electrons. The van der Waals surface area contributed by atoms with Gasteiger partial charge in [-0.15, -0.1) is 11.3 Å². The smallest absolute Gasteiger partial charge is 0.145 e. The van der Waals surface area contributed by atoms with Crippen LogP contribution in [0.3, 0.4) is 0 Å². The quantitative estimate of drug-likeness (QED) is 0.198. The fourth-order valence-electron chi connectivity index (χ4n) is 7.33. The van der Waals surface area contributed by atoms with Gasteiger partial charge < -0.3 is 4.57 Å². The van der Waals surface area contributed by atoms with E-state index in [-0.39, 0.29) is 0 Å². The Balaban J connectivity index is 1.19. The Bertz CT molecular complexity index is 2930. The molecule has 4 heterocycles. The summed E-state index contributed by atoms with van der Waals surface area (Å²) in [5.74, 6) is 0. The van der Waals surface area contributed by atoms with E-state index in [1.54, 1.807) is 0 Å². The van der Waals surface area contributed by atoms with Gasteiger partial charge in [-0.1, -0.05) is 72.8 Å². The Morgan fingerprint density at radius 3 is 2.06 bits per heavy atom. The minimum atomic E-state index is 0.665. The molecule has 47 heavy (non-hydrogen) atoms. The van der Waals surface area contributed by atoms with Crippen LogP contribution in [0.2, 0.25) is 0 Å². The normalized spacial score (nSPS) is 11.8. The van der Waals surface area contributed by atoms with Crippen molar-refractivity contribution < 1.29 is 0 Å². The van der Waals surface area contributed by atoms with Gasteiger partial charge in [-0.2, -0.15) is 5.26 Å². The first kappa shape index (κ1) is 26.0. The maximum absolute atomic E-state index is 9.59. The summed E-state index contributed by atoms with van der Waals surface area (Å²) in [5, 5.41) is 16.7. The summed E-state index contributed by atoms with van der Waals surface area (Å²) in [4.78, 5) is 4.92. The number of nitrogens with zero attached hydrogens (tertiary/aromatic N) is 4. The van der Waals surface area contributed by atoms with Crippen LogP contribution in [-0.4, -0.2) is 14.1 Å². The Hall–Kier alpha value is -6.22. The van der Waals surface area contributed by atoms with Crippen molar-refractivity contribution in [3.05, 3.63) is 151 Å². The zero-order chi connectivity index (χ0) is 31.1. The molecule has 10 rings (SSSR count). The van der Waals surface area contributed by atoms with Crippen LogP contribution in [0.15, 0.2) is 146 Å². The van der Waals surface area contributed by atoms with Gasteiger partial charge in [0.25, 0.3) is 0 Å². The molecule has 10 aromatic rings. The van der Waals surface area contributed by atoms with Crippen molar-refractivity contribution in [1.82, 2.24) is 14.1 Å². The van der Waals surface area contributed by atoms with Crippen molar-refractivity contribution in [2.75, 3.05) is 0 Å². The number of pyridine rings is 1. The maximum atomic E-state index is 9.59. The molecular formula is C42H24N4S. The molecule has 0 fully saturated rings. The fraction of sp³-hybridized carbons (Fsp3) is 0. The fourth-order valence-corrected chi connectivity index (χ4v) is 8.57. The molecule has 0 bridgehead atoms. The number of para-hydroxylation sites is 1. The third kappa shape index (κ3) is 3.77. The van der Waals surface area contributed by atoms with E-state index < -0.39 is 0 Å². The first-order valence-electron chi connectivity index (χ1n) is 15.6. The van der Waals surface area contributed by atoms with Gasteiger partial charge >= 0.3 is 0 Å². The van der Waals surface area contributed by atoms with Gasteiger partial charge in [-0.25, -0.2) is 4.98 Å². The van der Waals surface area contributed by atoms with E-state index in [1.807, 2.05) is 35.7 Å². The van der Waals surface area contributed by atoms with Gasteiger partial charge in [0.2, 0.25) is 0 Å². The average molecular weight is 617 g/mol. The number of hydrogen-bond acceptors (Lipinski definition) is 3. The van der Waals surface area contributed by atoms with Crippen LogP contribution in [0.5, 0.6) is 0 Å². The van der Waals surface area contributed by atoms with Gasteiger partial charge in [0, 0.05) is 54.6 Å². The minimum Gasteiger partial charge on any atom is -0.309 e. The number of rotatable bonds is 3.